The van der Waals surface area contributed by atoms with E-state index >= 15 is 0 Å². The smallest absolute Gasteiger partial charge is 0.383 e. The first-order valence-corrected chi connectivity index (χ1v) is 3.89. The number of carbonyl (C=O) groups is 1. The second-order valence-electron chi connectivity index (χ2n) is 2.69. The van der Waals surface area contributed by atoms with Gasteiger partial charge in [0.05, 0.1) is 5.56 Å². The van der Waals surface area contributed by atoms with Crippen LogP contribution in [0, 0.1) is 0 Å². The Hall–Kier alpha value is -1.85. The van der Waals surface area contributed by atoms with E-state index in [2.05, 4.69) is 4.98 Å². The largest absolute Gasteiger partial charge is 0.419 e. The molecular formula is C9H7F3N2O. The Labute approximate surface area is 83.4 Å². The molecule has 1 aromatic heterocycles. The number of hydrogen-bond donors (Lipinski definition) is 1. The molecule has 1 rings (SSSR count). The summed E-state index contributed by atoms with van der Waals surface area (Å²) in [6.45, 7) is 0. The number of anilines is 1. The lowest BCUT2D eigenvalue weighted by Gasteiger charge is -2.09. The third kappa shape index (κ3) is 2.80. The van der Waals surface area contributed by atoms with Crippen molar-refractivity contribution in [1.82, 2.24) is 4.98 Å². The van der Waals surface area contributed by atoms with Crippen LogP contribution in [0.5, 0.6) is 0 Å². The van der Waals surface area contributed by atoms with Crippen LogP contribution in [0.2, 0.25) is 0 Å². The van der Waals surface area contributed by atoms with E-state index in [0.717, 1.165) is 18.3 Å². The van der Waals surface area contributed by atoms with E-state index in [0.29, 0.717) is 6.29 Å². The summed E-state index contributed by atoms with van der Waals surface area (Å²) in [5, 5.41) is 0. The summed E-state index contributed by atoms with van der Waals surface area (Å²) in [6, 6.07) is 0.836. The van der Waals surface area contributed by atoms with Gasteiger partial charge in [-0.1, -0.05) is 6.08 Å². The molecule has 0 aliphatic rings. The van der Waals surface area contributed by atoms with Crippen LogP contribution in [0.1, 0.15) is 11.1 Å². The van der Waals surface area contributed by atoms with Gasteiger partial charge in [-0.05, 0) is 17.7 Å². The van der Waals surface area contributed by atoms with E-state index in [1.165, 1.54) is 6.08 Å². The van der Waals surface area contributed by atoms with E-state index in [1.807, 2.05) is 0 Å². The van der Waals surface area contributed by atoms with Crippen LogP contribution in [0.3, 0.4) is 0 Å². The molecule has 3 nitrogen and oxygen atoms in total. The molecule has 2 N–H and O–H groups in total. The fraction of sp³-hybridized carbons (Fsp3) is 0.111. The zero-order valence-electron chi connectivity index (χ0n) is 7.45. The van der Waals surface area contributed by atoms with Gasteiger partial charge in [0, 0.05) is 6.20 Å². The first kappa shape index (κ1) is 11.2. The van der Waals surface area contributed by atoms with E-state index in [1.54, 1.807) is 0 Å². The molecule has 1 heterocycles. The summed E-state index contributed by atoms with van der Waals surface area (Å²) in [5.74, 6) is -0.578. The number of carbonyl (C=O) groups excluding carboxylic acids is 1. The van der Waals surface area contributed by atoms with Crippen molar-refractivity contribution < 1.29 is 18.0 Å². The molecular weight excluding hydrogens is 209 g/mol. The average Bonchev–Trinajstić information content (AvgIpc) is 2.15. The van der Waals surface area contributed by atoms with Gasteiger partial charge in [-0.2, -0.15) is 13.2 Å². The number of rotatable bonds is 2. The monoisotopic (exact) mass is 216 g/mol. The van der Waals surface area contributed by atoms with Crippen LogP contribution >= 0.6 is 0 Å². The Morgan fingerprint density at radius 2 is 2.07 bits per heavy atom. The maximum atomic E-state index is 12.3. The lowest BCUT2D eigenvalue weighted by Crippen LogP contribution is -2.10. The summed E-state index contributed by atoms with van der Waals surface area (Å²) < 4.78 is 37.0. The summed E-state index contributed by atoms with van der Waals surface area (Å²) in [7, 11) is 0. The standard InChI is InChI=1S/C9H7F3N2O/c10-9(11,12)7-4-6(2-1-3-15)5-14-8(7)13/h1-5H,(H2,13,14). The van der Waals surface area contributed by atoms with Crippen LogP contribution in [0.4, 0.5) is 19.0 Å². The molecule has 0 aromatic carbocycles. The van der Waals surface area contributed by atoms with Gasteiger partial charge in [0.25, 0.3) is 0 Å². The van der Waals surface area contributed by atoms with Crippen molar-refractivity contribution in [1.29, 1.82) is 0 Å². The van der Waals surface area contributed by atoms with Crippen LogP contribution in [-0.2, 0) is 11.0 Å². The number of nitrogens with zero attached hydrogens (tertiary/aromatic N) is 1. The van der Waals surface area contributed by atoms with Crippen LogP contribution < -0.4 is 5.73 Å². The molecule has 0 atom stereocenters. The highest BCUT2D eigenvalue weighted by Crippen LogP contribution is 2.32. The maximum Gasteiger partial charge on any atom is 0.419 e. The number of halogens is 3. The minimum atomic E-state index is -4.54. The molecule has 0 bridgehead atoms. The number of hydrogen-bond acceptors (Lipinski definition) is 3. The van der Waals surface area contributed by atoms with Gasteiger partial charge in [0.15, 0.2) is 0 Å². The molecule has 0 radical (unpaired) electrons. The van der Waals surface area contributed by atoms with Gasteiger partial charge in [0.1, 0.15) is 12.1 Å². The maximum absolute atomic E-state index is 12.3. The van der Waals surface area contributed by atoms with Gasteiger partial charge < -0.3 is 5.73 Å². The van der Waals surface area contributed by atoms with Crippen LogP contribution in [0.25, 0.3) is 6.08 Å². The highest BCUT2D eigenvalue weighted by atomic mass is 19.4. The summed E-state index contributed by atoms with van der Waals surface area (Å²) in [5.41, 5.74) is 4.25. The zero-order chi connectivity index (χ0) is 11.5. The fourth-order valence-electron chi connectivity index (χ4n) is 0.960. The Kier molecular flexibility index (Phi) is 3.08. The molecule has 0 aliphatic carbocycles. The number of nitrogens with two attached hydrogens (primary N) is 1. The molecule has 0 aliphatic heterocycles. The van der Waals surface area contributed by atoms with E-state index in [4.69, 9.17) is 5.73 Å². The second kappa shape index (κ2) is 4.12. The molecule has 0 amide bonds. The number of aldehydes is 1. The van der Waals surface area contributed by atoms with Crippen molar-refractivity contribution in [2.24, 2.45) is 0 Å². The van der Waals surface area contributed by atoms with Gasteiger partial charge in [-0.15, -0.1) is 0 Å². The van der Waals surface area contributed by atoms with Crippen molar-refractivity contribution >= 4 is 18.2 Å². The minimum Gasteiger partial charge on any atom is -0.383 e. The molecule has 15 heavy (non-hydrogen) atoms. The lowest BCUT2D eigenvalue weighted by atomic mass is 10.1. The zero-order valence-corrected chi connectivity index (χ0v) is 7.45. The predicted molar refractivity (Wildman–Crippen MR) is 48.7 cm³/mol. The van der Waals surface area contributed by atoms with Gasteiger partial charge in [-0.25, -0.2) is 4.98 Å². The third-order valence-corrected chi connectivity index (χ3v) is 1.61. The number of allylic oxidation sites excluding steroid dienone is 1. The quantitative estimate of drug-likeness (QED) is 0.606. The Balaban J connectivity index is 3.17. The molecule has 0 saturated carbocycles. The van der Waals surface area contributed by atoms with Crippen LogP contribution in [0.15, 0.2) is 18.3 Å². The summed E-state index contributed by atoms with van der Waals surface area (Å²) in [6.07, 6.45) is -0.627. The van der Waals surface area contributed by atoms with Crippen molar-refractivity contribution in [3.05, 3.63) is 29.5 Å². The molecule has 1 aromatic rings. The van der Waals surface area contributed by atoms with E-state index in [-0.39, 0.29) is 5.56 Å². The SMILES string of the molecule is Nc1ncc(C=CC=O)cc1C(F)(F)F. The Bertz CT molecular complexity index is 399. The summed E-state index contributed by atoms with van der Waals surface area (Å²) >= 11 is 0. The van der Waals surface area contributed by atoms with Gasteiger partial charge in [-0.3, -0.25) is 4.79 Å². The Morgan fingerprint density at radius 1 is 1.40 bits per heavy atom. The number of alkyl halides is 3. The first-order valence-electron chi connectivity index (χ1n) is 3.89. The van der Waals surface area contributed by atoms with E-state index in [9.17, 15) is 18.0 Å². The predicted octanol–water partition coefficient (Wildman–Crippen LogP) is 1.89. The molecule has 6 heteroatoms. The van der Waals surface area contributed by atoms with Gasteiger partial charge in [0.2, 0.25) is 0 Å². The minimum absolute atomic E-state index is 0.170. The molecule has 80 valence electrons. The topological polar surface area (TPSA) is 56.0 Å². The van der Waals surface area contributed by atoms with Crippen molar-refractivity contribution in [2.75, 3.05) is 5.73 Å². The van der Waals surface area contributed by atoms with E-state index < -0.39 is 17.6 Å². The first-order chi connectivity index (χ1) is 6.95. The second-order valence-corrected chi connectivity index (χ2v) is 2.69. The lowest BCUT2D eigenvalue weighted by molar-refractivity contribution is -0.137. The third-order valence-electron chi connectivity index (χ3n) is 1.61. The highest BCUT2D eigenvalue weighted by molar-refractivity contribution is 5.74. The van der Waals surface area contributed by atoms with Gasteiger partial charge >= 0.3 is 6.18 Å². The molecule has 0 fully saturated rings. The summed E-state index contributed by atoms with van der Waals surface area (Å²) in [4.78, 5) is 13.4. The van der Waals surface area contributed by atoms with Crippen molar-refractivity contribution in [3.8, 4) is 0 Å². The van der Waals surface area contributed by atoms with Crippen LogP contribution in [-0.4, -0.2) is 11.3 Å². The number of pyridine rings is 1. The average molecular weight is 216 g/mol. The molecule has 0 unspecified atom stereocenters. The normalized spacial score (nSPS) is 11.9. The Morgan fingerprint density at radius 3 is 2.60 bits per heavy atom. The molecule has 0 saturated heterocycles. The van der Waals surface area contributed by atoms with Crippen molar-refractivity contribution in [2.45, 2.75) is 6.18 Å². The van der Waals surface area contributed by atoms with Crippen molar-refractivity contribution in [3.63, 3.8) is 0 Å². The number of nitrogen functional groups attached to an aromatic ring is 1. The molecule has 0 spiro atoms. The number of aromatic nitrogens is 1. The fourth-order valence-corrected chi connectivity index (χ4v) is 0.960. The highest BCUT2D eigenvalue weighted by Gasteiger charge is 2.33.